The molecular formula is C17H18N2O. The molecule has 20 heavy (non-hydrogen) atoms. The lowest BCUT2D eigenvalue weighted by atomic mass is 10.1. The van der Waals surface area contributed by atoms with Gasteiger partial charge in [-0.2, -0.15) is 0 Å². The number of H-pyrrole nitrogens is 1. The van der Waals surface area contributed by atoms with Crippen molar-refractivity contribution in [3.05, 3.63) is 60.3 Å². The predicted octanol–water partition coefficient (Wildman–Crippen LogP) is 4.18. The SMILES string of the molecule is CCOc1ccccc1NCc1ccc2[nH]ccc2c1. The second-order valence-corrected chi connectivity index (χ2v) is 4.68. The number of hydrogen-bond donors (Lipinski definition) is 2. The van der Waals surface area contributed by atoms with Gasteiger partial charge in [0.05, 0.1) is 12.3 Å². The third kappa shape index (κ3) is 2.62. The zero-order chi connectivity index (χ0) is 13.8. The van der Waals surface area contributed by atoms with Crippen molar-refractivity contribution < 1.29 is 4.74 Å². The highest BCUT2D eigenvalue weighted by Crippen LogP contribution is 2.24. The maximum atomic E-state index is 5.62. The van der Waals surface area contributed by atoms with E-state index in [1.54, 1.807) is 0 Å². The molecule has 102 valence electrons. The lowest BCUT2D eigenvalue weighted by Gasteiger charge is -2.12. The van der Waals surface area contributed by atoms with Crippen LogP contribution in [0.3, 0.4) is 0 Å². The molecule has 0 radical (unpaired) electrons. The van der Waals surface area contributed by atoms with Gasteiger partial charge in [-0.15, -0.1) is 0 Å². The molecule has 0 spiro atoms. The van der Waals surface area contributed by atoms with Crippen LogP contribution in [0.1, 0.15) is 12.5 Å². The monoisotopic (exact) mass is 266 g/mol. The Hall–Kier alpha value is -2.42. The number of benzene rings is 2. The Morgan fingerprint density at radius 3 is 2.90 bits per heavy atom. The van der Waals surface area contributed by atoms with Gasteiger partial charge in [-0.1, -0.05) is 18.2 Å². The first-order valence-electron chi connectivity index (χ1n) is 6.88. The van der Waals surface area contributed by atoms with Crippen LogP contribution < -0.4 is 10.1 Å². The molecule has 0 atom stereocenters. The topological polar surface area (TPSA) is 37.0 Å². The molecule has 2 aromatic carbocycles. The fraction of sp³-hybridized carbons (Fsp3) is 0.176. The van der Waals surface area contributed by atoms with Gasteiger partial charge in [-0.3, -0.25) is 0 Å². The quantitative estimate of drug-likeness (QED) is 0.727. The van der Waals surface area contributed by atoms with Gasteiger partial charge >= 0.3 is 0 Å². The lowest BCUT2D eigenvalue weighted by Crippen LogP contribution is -2.02. The van der Waals surface area contributed by atoms with Crippen LogP contribution in [0.4, 0.5) is 5.69 Å². The van der Waals surface area contributed by atoms with Crippen LogP contribution in [0.15, 0.2) is 54.7 Å². The van der Waals surface area contributed by atoms with Gasteiger partial charge in [-0.05, 0) is 48.2 Å². The zero-order valence-electron chi connectivity index (χ0n) is 11.5. The van der Waals surface area contributed by atoms with Crippen molar-refractivity contribution in [2.45, 2.75) is 13.5 Å². The Morgan fingerprint density at radius 2 is 2.00 bits per heavy atom. The first-order chi connectivity index (χ1) is 9.86. The summed E-state index contributed by atoms with van der Waals surface area (Å²) in [7, 11) is 0. The molecule has 1 aromatic heterocycles. The van der Waals surface area contributed by atoms with E-state index >= 15 is 0 Å². The number of fused-ring (bicyclic) bond motifs is 1. The Kier molecular flexibility index (Phi) is 3.59. The molecule has 3 rings (SSSR count). The number of aromatic nitrogens is 1. The fourth-order valence-electron chi connectivity index (χ4n) is 2.30. The number of para-hydroxylation sites is 2. The molecule has 2 N–H and O–H groups in total. The van der Waals surface area contributed by atoms with E-state index in [9.17, 15) is 0 Å². The summed E-state index contributed by atoms with van der Waals surface area (Å²) in [5, 5.41) is 4.67. The predicted molar refractivity (Wildman–Crippen MR) is 83.2 cm³/mol. The average molecular weight is 266 g/mol. The molecule has 0 aliphatic rings. The van der Waals surface area contributed by atoms with E-state index in [0.717, 1.165) is 18.0 Å². The van der Waals surface area contributed by atoms with Crippen molar-refractivity contribution in [1.82, 2.24) is 4.98 Å². The van der Waals surface area contributed by atoms with Crippen LogP contribution in [0.25, 0.3) is 10.9 Å². The summed E-state index contributed by atoms with van der Waals surface area (Å²) in [4.78, 5) is 3.21. The minimum absolute atomic E-state index is 0.675. The Labute approximate surface area is 118 Å². The fourth-order valence-corrected chi connectivity index (χ4v) is 2.30. The van der Waals surface area contributed by atoms with Crippen LogP contribution in [-0.2, 0) is 6.54 Å². The largest absolute Gasteiger partial charge is 0.492 e. The van der Waals surface area contributed by atoms with Crippen molar-refractivity contribution >= 4 is 16.6 Å². The summed E-state index contributed by atoms with van der Waals surface area (Å²) >= 11 is 0. The smallest absolute Gasteiger partial charge is 0.142 e. The zero-order valence-corrected chi connectivity index (χ0v) is 11.5. The number of nitrogens with one attached hydrogen (secondary N) is 2. The van der Waals surface area contributed by atoms with Crippen LogP contribution in [0.2, 0.25) is 0 Å². The Bertz CT molecular complexity index is 703. The van der Waals surface area contributed by atoms with Gasteiger partial charge in [0, 0.05) is 18.3 Å². The van der Waals surface area contributed by atoms with E-state index in [0.29, 0.717) is 6.61 Å². The summed E-state index contributed by atoms with van der Waals surface area (Å²) in [5.74, 6) is 0.901. The van der Waals surface area contributed by atoms with Gasteiger partial charge in [-0.25, -0.2) is 0 Å². The third-order valence-corrected chi connectivity index (χ3v) is 3.29. The highest BCUT2D eigenvalue weighted by atomic mass is 16.5. The highest BCUT2D eigenvalue weighted by molar-refractivity contribution is 5.80. The Morgan fingerprint density at radius 1 is 1.10 bits per heavy atom. The molecule has 0 unspecified atom stereocenters. The molecule has 0 aliphatic heterocycles. The first kappa shape index (κ1) is 12.6. The number of anilines is 1. The normalized spacial score (nSPS) is 10.7. The molecular weight excluding hydrogens is 248 g/mol. The van der Waals surface area contributed by atoms with Crippen molar-refractivity contribution in [3.63, 3.8) is 0 Å². The van der Waals surface area contributed by atoms with E-state index in [1.165, 1.54) is 16.5 Å². The van der Waals surface area contributed by atoms with E-state index in [2.05, 4.69) is 34.6 Å². The average Bonchev–Trinajstić information content (AvgIpc) is 2.94. The van der Waals surface area contributed by atoms with Gasteiger partial charge in [0.2, 0.25) is 0 Å². The maximum Gasteiger partial charge on any atom is 0.142 e. The van der Waals surface area contributed by atoms with Crippen LogP contribution >= 0.6 is 0 Å². The lowest BCUT2D eigenvalue weighted by molar-refractivity contribution is 0.341. The standard InChI is InChI=1S/C17H18N2O/c1-2-20-17-6-4-3-5-16(17)19-12-13-7-8-15-14(11-13)9-10-18-15/h3-11,18-19H,2,12H2,1H3. The summed E-state index contributed by atoms with van der Waals surface area (Å²) in [6.45, 7) is 3.45. The van der Waals surface area contributed by atoms with Crippen molar-refractivity contribution in [3.8, 4) is 5.75 Å². The molecule has 0 saturated carbocycles. The molecule has 0 saturated heterocycles. The second kappa shape index (κ2) is 5.70. The minimum Gasteiger partial charge on any atom is -0.492 e. The molecule has 0 amide bonds. The maximum absolute atomic E-state index is 5.62. The minimum atomic E-state index is 0.675. The molecule has 0 fully saturated rings. The summed E-state index contributed by atoms with van der Waals surface area (Å²) in [6, 6.07) is 16.6. The van der Waals surface area contributed by atoms with E-state index < -0.39 is 0 Å². The van der Waals surface area contributed by atoms with Crippen LogP contribution in [0.5, 0.6) is 5.75 Å². The number of rotatable bonds is 5. The molecule has 0 aliphatic carbocycles. The van der Waals surface area contributed by atoms with Crippen molar-refractivity contribution in [2.24, 2.45) is 0 Å². The summed E-state index contributed by atoms with van der Waals surface area (Å²) < 4.78 is 5.62. The molecule has 0 bridgehead atoms. The Balaban J connectivity index is 1.75. The third-order valence-electron chi connectivity index (χ3n) is 3.29. The number of hydrogen-bond acceptors (Lipinski definition) is 2. The van der Waals surface area contributed by atoms with Gasteiger partial charge in [0.25, 0.3) is 0 Å². The van der Waals surface area contributed by atoms with E-state index in [1.807, 2.05) is 37.4 Å². The molecule has 3 aromatic rings. The highest BCUT2D eigenvalue weighted by Gasteiger charge is 2.02. The molecule has 3 nitrogen and oxygen atoms in total. The van der Waals surface area contributed by atoms with Crippen molar-refractivity contribution in [1.29, 1.82) is 0 Å². The van der Waals surface area contributed by atoms with E-state index in [-0.39, 0.29) is 0 Å². The van der Waals surface area contributed by atoms with Gasteiger partial charge < -0.3 is 15.0 Å². The van der Waals surface area contributed by atoms with Crippen molar-refractivity contribution in [2.75, 3.05) is 11.9 Å². The molecule has 3 heteroatoms. The van der Waals surface area contributed by atoms with Crippen LogP contribution in [0, 0.1) is 0 Å². The van der Waals surface area contributed by atoms with E-state index in [4.69, 9.17) is 4.74 Å². The second-order valence-electron chi connectivity index (χ2n) is 4.68. The van der Waals surface area contributed by atoms with Gasteiger partial charge in [0.1, 0.15) is 5.75 Å². The van der Waals surface area contributed by atoms with Crippen LogP contribution in [-0.4, -0.2) is 11.6 Å². The summed E-state index contributed by atoms with van der Waals surface area (Å²) in [6.07, 6.45) is 1.96. The number of aromatic amines is 1. The summed E-state index contributed by atoms with van der Waals surface area (Å²) in [5.41, 5.74) is 3.45. The van der Waals surface area contributed by atoms with Gasteiger partial charge in [0.15, 0.2) is 0 Å². The number of ether oxygens (including phenoxy) is 1. The molecule has 1 heterocycles. The first-order valence-corrected chi connectivity index (χ1v) is 6.88.